The molecule has 0 aliphatic heterocycles. The van der Waals surface area contributed by atoms with Gasteiger partial charge in [0.2, 0.25) is 0 Å². The van der Waals surface area contributed by atoms with Crippen LogP contribution in [0, 0.1) is 0 Å². The van der Waals surface area contributed by atoms with E-state index in [2.05, 4.69) is 10.3 Å². The predicted molar refractivity (Wildman–Crippen MR) is 95.8 cm³/mol. The van der Waals surface area contributed by atoms with Gasteiger partial charge in [0.1, 0.15) is 6.10 Å². The summed E-state index contributed by atoms with van der Waals surface area (Å²) >= 11 is 1.53. The zero-order valence-electron chi connectivity index (χ0n) is 14.3. The van der Waals surface area contributed by atoms with Crippen molar-refractivity contribution in [3.8, 4) is 11.3 Å². The monoisotopic (exact) mass is 354 g/mol. The van der Waals surface area contributed by atoms with E-state index >= 15 is 0 Å². The van der Waals surface area contributed by atoms with Crippen molar-refractivity contribution >= 4 is 16.5 Å². The number of halogens is 2. The molecule has 0 aliphatic carbocycles. The minimum atomic E-state index is -2.79. The molecule has 1 atom stereocenters. The molecule has 0 saturated heterocycles. The van der Waals surface area contributed by atoms with Crippen molar-refractivity contribution < 1.29 is 13.5 Å². The van der Waals surface area contributed by atoms with Crippen LogP contribution in [0.4, 0.5) is 13.9 Å². The number of hydrogen-bond acceptors (Lipinski definition) is 4. The number of hydrogen-bond donors (Lipinski definition) is 1. The molecular formula is C18H24F2N2OS. The summed E-state index contributed by atoms with van der Waals surface area (Å²) in [5, 5.41) is 5.82. The molecule has 1 unspecified atom stereocenters. The van der Waals surface area contributed by atoms with Gasteiger partial charge in [-0.3, -0.25) is 0 Å². The Balaban J connectivity index is 2.08. The summed E-state index contributed by atoms with van der Waals surface area (Å²) in [5.41, 5.74) is 2.71. The van der Waals surface area contributed by atoms with Crippen molar-refractivity contribution in [1.29, 1.82) is 0 Å². The SMILES string of the molecule is CCCC(OCc1cccc(-c2csc(NC)n2)c1)C(F)(F)CC. The van der Waals surface area contributed by atoms with Gasteiger partial charge in [0, 0.05) is 24.4 Å². The van der Waals surface area contributed by atoms with E-state index in [4.69, 9.17) is 4.74 Å². The van der Waals surface area contributed by atoms with Crippen molar-refractivity contribution in [3.05, 3.63) is 35.2 Å². The molecule has 0 fully saturated rings. The van der Waals surface area contributed by atoms with Gasteiger partial charge < -0.3 is 10.1 Å². The number of nitrogens with zero attached hydrogens (tertiary/aromatic N) is 1. The van der Waals surface area contributed by atoms with Crippen molar-refractivity contribution in [3.63, 3.8) is 0 Å². The first-order valence-corrected chi connectivity index (χ1v) is 9.10. The van der Waals surface area contributed by atoms with E-state index in [0.29, 0.717) is 12.8 Å². The molecule has 0 amide bonds. The number of thiazole rings is 1. The average Bonchev–Trinajstić information content (AvgIpc) is 3.08. The second-order valence-electron chi connectivity index (χ2n) is 5.69. The highest BCUT2D eigenvalue weighted by Crippen LogP contribution is 2.30. The highest BCUT2D eigenvalue weighted by molar-refractivity contribution is 7.14. The molecule has 0 spiro atoms. The predicted octanol–water partition coefficient (Wildman–Crippen LogP) is 5.58. The number of aromatic nitrogens is 1. The van der Waals surface area contributed by atoms with E-state index in [1.165, 1.54) is 18.3 Å². The first kappa shape index (κ1) is 18.8. The summed E-state index contributed by atoms with van der Waals surface area (Å²) in [6.45, 7) is 3.57. The van der Waals surface area contributed by atoms with Crippen LogP contribution < -0.4 is 5.32 Å². The van der Waals surface area contributed by atoms with Crippen LogP contribution in [0.5, 0.6) is 0 Å². The van der Waals surface area contributed by atoms with E-state index in [-0.39, 0.29) is 13.0 Å². The Bertz CT molecular complexity index is 645. The number of nitrogens with one attached hydrogen (secondary N) is 1. The van der Waals surface area contributed by atoms with Crippen LogP contribution in [0.25, 0.3) is 11.3 Å². The number of alkyl halides is 2. The maximum Gasteiger partial charge on any atom is 0.273 e. The Labute approximate surface area is 146 Å². The second-order valence-corrected chi connectivity index (χ2v) is 6.55. The van der Waals surface area contributed by atoms with E-state index in [1.54, 1.807) is 0 Å². The lowest BCUT2D eigenvalue weighted by Gasteiger charge is -2.26. The minimum Gasteiger partial charge on any atom is -0.367 e. The molecule has 1 aromatic heterocycles. The molecule has 132 valence electrons. The third kappa shape index (κ3) is 4.74. The fourth-order valence-corrected chi connectivity index (χ4v) is 3.13. The molecule has 3 nitrogen and oxygen atoms in total. The van der Waals surface area contributed by atoms with Gasteiger partial charge in [0.15, 0.2) is 5.13 Å². The molecule has 0 saturated carbocycles. The van der Waals surface area contributed by atoms with Gasteiger partial charge >= 0.3 is 0 Å². The number of benzene rings is 1. The van der Waals surface area contributed by atoms with E-state index < -0.39 is 12.0 Å². The largest absolute Gasteiger partial charge is 0.367 e. The fourth-order valence-electron chi connectivity index (χ4n) is 2.44. The molecule has 0 bridgehead atoms. The van der Waals surface area contributed by atoms with Gasteiger partial charge in [-0.1, -0.05) is 38.5 Å². The molecule has 24 heavy (non-hydrogen) atoms. The fraction of sp³-hybridized carbons (Fsp3) is 0.500. The molecule has 6 heteroatoms. The van der Waals surface area contributed by atoms with Crippen molar-refractivity contribution in [2.45, 2.75) is 51.7 Å². The molecule has 0 aliphatic rings. The van der Waals surface area contributed by atoms with Crippen LogP contribution in [0.2, 0.25) is 0 Å². The molecule has 1 aromatic carbocycles. The van der Waals surface area contributed by atoms with Crippen LogP contribution in [0.3, 0.4) is 0 Å². The van der Waals surface area contributed by atoms with Gasteiger partial charge in [0.05, 0.1) is 12.3 Å². The lowest BCUT2D eigenvalue weighted by atomic mass is 10.1. The van der Waals surface area contributed by atoms with E-state index in [9.17, 15) is 8.78 Å². The van der Waals surface area contributed by atoms with Crippen molar-refractivity contribution in [2.75, 3.05) is 12.4 Å². The minimum absolute atomic E-state index is 0.178. The summed E-state index contributed by atoms with van der Waals surface area (Å²) in [6.07, 6.45) is -0.209. The zero-order chi connectivity index (χ0) is 17.6. The molecule has 2 rings (SSSR count). The average molecular weight is 354 g/mol. The van der Waals surface area contributed by atoms with Gasteiger partial charge in [-0.05, 0) is 18.1 Å². The third-order valence-electron chi connectivity index (χ3n) is 3.89. The maximum atomic E-state index is 14.0. The van der Waals surface area contributed by atoms with Crippen LogP contribution >= 0.6 is 11.3 Å². The Kier molecular flexibility index (Phi) is 6.69. The van der Waals surface area contributed by atoms with Crippen LogP contribution in [0.1, 0.15) is 38.7 Å². The van der Waals surface area contributed by atoms with Gasteiger partial charge in [-0.15, -0.1) is 11.3 Å². The van der Waals surface area contributed by atoms with E-state index in [0.717, 1.165) is 22.0 Å². The number of rotatable bonds is 9. The Morgan fingerprint density at radius 2 is 2.12 bits per heavy atom. The standard InChI is InChI=1S/C18H24F2N2OS/c1-4-7-16(18(19,20)5-2)23-11-13-8-6-9-14(10-13)15-12-24-17(21-3)22-15/h6,8-10,12,16H,4-5,7,11H2,1-3H3,(H,21,22). The summed E-state index contributed by atoms with van der Waals surface area (Å²) in [5.74, 6) is -2.79. The maximum absolute atomic E-state index is 14.0. The number of ether oxygens (including phenoxy) is 1. The lowest BCUT2D eigenvalue weighted by Crippen LogP contribution is -2.35. The van der Waals surface area contributed by atoms with E-state index in [1.807, 2.05) is 43.6 Å². The van der Waals surface area contributed by atoms with Crippen LogP contribution in [0.15, 0.2) is 29.6 Å². The Morgan fingerprint density at radius 1 is 1.33 bits per heavy atom. The van der Waals surface area contributed by atoms with Crippen molar-refractivity contribution in [2.24, 2.45) is 0 Å². The summed E-state index contributed by atoms with van der Waals surface area (Å²) in [4.78, 5) is 4.46. The van der Waals surface area contributed by atoms with Crippen LogP contribution in [-0.4, -0.2) is 24.1 Å². The highest BCUT2D eigenvalue weighted by Gasteiger charge is 2.37. The van der Waals surface area contributed by atoms with Gasteiger partial charge in [-0.2, -0.15) is 0 Å². The van der Waals surface area contributed by atoms with Gasteiger partial charge in [-0.25, -0.2) is 13.8 Å². The first-order chi connectivity index (χ1) is 11.5. The smallest absolute Gasteiger partial charge is 0.273 e. The molecular weight excluding hydrogens is 330 g/mol. The second kappa shape index (κ2) is 8.53. The molecule has 0 radical (unpaired) electrons. The van der Waals surface area contributed by atoms with Gasteiger partial charge in [0.25, 0.3) is 5.92 Å². The Hall–Kier alpha value is -1.53. The molecule has 1 N–H and O–H groups in total. The summed E-state index contributed by atoms with van der Waals surface area (Å²) < 4.78 is 33.5. The number of anilines is 1. The normalized spacial score (nSPS) is 13.0. The molecule has 2 aromatic rings. The first-order valence-electron chi connectivity index (χ1n) is 8.22. The quantitative estimate of drug-likeness (QED) is 0.638. The topological polar surface area (TPSA) is 34.1 Å². The van der Waals surface area contributed by atoms with Crippen molar-refractivity contribution in [1.82, 2.24) is 4.98 Å². The zero-order valence-corrected chi connectivity index (χ0v) is 15.1. The Morgan fingerprint density at radius 3 is 2.75 bits per heavy atom. The molecule has 1 heterocycles. The highest BCUT2D eigenvalue weighted by atomic mass is 32.1. The summed E-state index contributed by atoms with van der Waals surface area (Å²) in [7, 11) is 1.83. The van der Waals surface area contributed by atoms with Crippen LogP contribution in [-0.2, 0) is 11.3 Å². The third-order valence-corrected chi connectivity index (χ3v) is 4.75. The lowest BCUT2D eigenvalue weighted by molar-refractivity contribution is -0.147. The summed E-state index contributed by atoms with van der Waals surface area (Å²) in [6, 6.07) is 7.70.